The highest BCUT2D eigenvalue weighted by atomic mass is 16.5. The number of nitrogens with one attached hydrogen (secondary N) is 1. The van der Waals surface area contributed by atoms with Gasteiger partial charge < -0.3 is 14.8 Å². The Kier molecular flexibility index (Phi) is 5.45. The Balaban J connectivity index is 2.44. The van der Waals surface area contributed by atoms with Crippen molar-refractivity contribution < 1.29 is 9.47 Å². The molecule has 0 aliphatic carbocycles. The molecule has 1 N–H and O–H groups in total. The van der Waals surface area contributed by atoms with Gasteiger partial charge in [0.05, 0.1) is 12.2 Å². The van der Waals surface area contributed by atoms with E-state index in [1.807, 2.05) is 19.2 Å². The minimum Gasteiger partial charge on any atom is -0.493 e. The number of ether oxygens (including phenoxy) is 2. The summed E-state index contributed by atoms with van der Waals surface area (Å²) in [6.07, 6.45) is 0.875. The average Bonchev–Trinajstić information content (AvgIpc) is 2.30. The Bertz CT molecular complexity index is 337. The molecular formula is C14H23NO2. The van der Waals surface area contributed by atoms with Crippen LogP contribution in [0.3, 0.4) is 0 Å². The Labute approximate surface area is 104 Å². The Hall–Kier alpha value is -1.06. The van der Waals surface area contributed by atoms with Crippen LogP contribution in [-0.2, 0) is 11.3 Å². The molecule has 1 rings (SSSR count). The molecule has 3 nitrogen and oxygen atoms in total. The second-order valence-electron chi connectivity index (χ2n) is 4.74. The summed E-state index contributed by atoms with van der Waals surface area (Å²) in [4.78, 5) is 0. The number of hydrogen-bond donors (Lipinski definition) is 1. The fraction of sp³-hybridized carbons (Fsp3) is 0.571. The van der Waals surface area contributed by atoms with Crippen LogP contribution >= 0.6 is 0 Å². The van der Waals surface area contributed by atoms with Gasteiger partial charge in [0, 0.05) is 20.1 Å². The first-order chi connectivity index (χ1) is 8.07. The quantitative estimate of drug-likeness (QED) is 0.790. The summed E-state index contributed by atoms with van der Waals surface area (Å²) in [7, 11) is 3.67. The summed E-state index contributed by atoms with van der Waals surface area (Å²) in [5.41, 5.74) is 1.11. The first-order valence-corrected chi connectivity index (χ1v) is 5.99. The first-order valence-electron chi connectivity index (χ1n) is 5.99. The normalized spacial score (nSPS) is 11.5. The number of hydrogen-bond acceptors (Lipinski definition) is 3. The van der Waals surface area contributed by atoms with Crippen molar-refractivity contribution in [2.24, 2.45) is 0 Å². The molecule has 0 atom stereocenters. The van der Waals surface area contributed by atoms with Gasteiger partial charge in [0.2, 0.25) is 0 Å². The Morgan fingerprint density at radius 1 is 1.29 bits per heavy atom. The lowest BCUT2D eigenvalue weighted by atomic mass is 10.1. The van der Waals surface area contributed by atoms with Gasteiger partial charge in [-0.2, -0.15) is 0 Å². The molecule has 0 amide bonds. The van der Waals surface area contributed by atoms with Gasteiger partial charge in [-0.3, -0.25) is 0 Å². The van der Waals surface area contributed by atoms with Crippen LogP contribution < -0.4 is 10.1 Å². The summed E-state index contributed by atoms with van der Waals surface area (Å²) in [5, 5.41) is 3.13. The zero-order valence-electron chi connectivity index (χ0n) is 11.2. The van der Waals surface area contributed by atoms with Crippen LogP contribution in [0.2, 0.25) is 0 Å². The van der Waals surface area contributed by atoms with Gasteiger partial charge in [-0.25, -0.2) is 0 Å². The SMILES string of the molecule is CNCc1cccc(OCCC(C)(C)OC)c1. The van der Waals surface area contributed by atoms with Gasteiger partial charge in [-0.1, -0.05) is 12.1 Å². The predicted octanol–water partition coefficient (Wildman–Crippen LogP) is 2.60. The molecule has 0 spiro atoms. The Morgan fingerprint density at radius 2 is 2.06 bits per heavy atom. The molecule has 0 saturated carbocycles. The van der Waals surface area contributed by atoms with Crippen molar-refractivity contribution in [1.29, 1.82) is 0 Å². The summed E-state index contributed by atoms with van der Waals surface area (Å²) >= 11 is 0. The highest BCUT2D eigenvalue weighted by Crippen LogP contribution is 2.16. The lowest BCUT2D eigenvalue weighted by molar-refractivity contribution is 0.00545. The van der Waals surface area contributed by atoms with Crippen molar-refractivity contribution in [3.63, 3.8) is 0 Å². The second kappa shape index (κ2) is 6.62. The highest BCUT2D eigenvalue weighted by molar-refractivity contribution is 5.28. The van der Waals surface area contributed by atoms with E-state index in [4.69, 9.17) is 9.47 Å². The van der Waals surface area contributed by atoms with Crippen LogP contribution in [0.1, 0.15) is 25.8 Å². The summed E-state index contributed by atoms with van der Waals surface area (Å²) < 4.78 is 11.1. The second-order valence-corrected chi connectivity index (χ2v) is 4.74. The van der Waals surface area contributed by atoms with E-state index in [2.05, 4.69) is 31.3 Å². The standard InChI is InChI=1S/C14H23NO2/c1-14(2,16-4)8-9-17-13-7-5-6-12(10-13)11-15-3/h5-7,10,15H,8-9,11H2,1-4H3. The molecule has 3 heteroatoms. The average molecular weight is 237 g/mol. The number of benzene rings is 1. The fourth-order valence-corrected chi connectivity index (χ4v) is 1.47. The summed E-state index contributed by atoms with van der Waals surface area (Å²) in [6.45, 7) is 5.66. The molecule has 1 aromatic rings. The van der Waals surface area contributed by atoms with Crippen LogP contribution in [0.25, 0.3) is 0 Å². The molecule has 1 aromatic carbocycles. The minimum absolute atomic E-state index is 0.122. The van der Waals surface area contributed by atoms with Crippen molar-refractivity contribution in [1.82, 2.24) is 5.32 Å². The number of rotatable bonds is 7. The van der Waals surface area contributed by atoms with Crippen molar-refractivity contribution >= 4 is 0 Å². The summed E-state index contributed by atoms with van der Waals surface area (Å²) in [5.74, 6) is 0.921. The molecule has 0 radical (unpaired) electrons. The molecule has 0 bridgehead atoms. The third kappa shape index (κ3) is 5.20. The van der Waals surface area contributed by atoms with Crippen LogP contribution in [0.15, 0.2) is 24.3 Å². The minimum atomic E-state index is -0.122. The number of methoxy groups -OCH3 is 1. The van der Waals surface area contributed by atoms with Crippen LogP contribution in [0.4, 0.5) is 0 Å². The smallest absolute Gasteiger partial charge is 0.119 e. The fourth-order valence-electron chi connectivity index (χ4n) is 1.47. The third-order valence-corrected chi connectivity index (χ3v) is 2.80. The zero-order chi connectivity index (χ0) is 12.7. The van der Waals surface area contributed by atoms with Crippen molar-refractivity contribution in [3.8, 4) is 5.75 Å². The van der Waals surface area contributed by atoms with E-state index in [9.17, 15) is 0 Å². The van der Waals surface area contributed by atoms with E-state index >= 15 is 0 Å². The van der Waals surface area contributed by atoms with Crippen molar-refractivity contribution in [2.45, 2.75) is 32.4 Å². The van der Waals surface area contributed by atoms with E-state index < -0.39 is 0 Å². The third-order valence-electron chi connectivity index (χ3n) is 2.80. The van der Waals surface area contributed by atoms with Crippen LogP contribution in [-0.4, -0.2) is 26.4 Å². The van der Waals surface area contributed by atoms with E-state index in [1.54, 1.807) is 7.11 Å². The molecule has 17 heavy (non-hydrogen) atoms. The van der Waals surface area contributed by atoms with Gasteiger partial charge in [-0.15, -0.1) is 0 Å². The van der Waals surface area contributed by atoms with Gasteiger partial charge in [-0.05, 0) is 38.6 Å². The zero-order valence-corrected chi connectivity index (χ0v) is 11.2. The van der Waals surface area contributed by atoms with Crippen LogP contribution in [0.5, 0.6) is 5.75 Å². The van der Waals surface area contributed by atoms with Crippen LogP contribution in [0, 0.1) is 0 Å². The van der Waals surface area contributed by atoms with E-state index in [0.29, 0.717) is 6.61 Å². The first kappa shape index (κ1) is 14.0. The molecule has 0 saturated heterocycles. The maximum atomic E-state index is 5.72. The topological polar surface area (TPSA) is 30.5 Å². The lowest BCUT2D eigenvalue weighted by Crippen LogP contribution is -2.25. The molecule has 0 aromatic heterocycles. The molecular weight excluding hydrogens is 214 g/mol. The van der Waals surface area contributed by atoms with Gasteiger partial charge in [0.15, 0.2) is 0 Å². The largest absolute Gasteiger partial charge is 0.493 e. The van der Waals surface area contributed by atoms with E-state index in [0.717, 1.165) is 18.7 Å². The Morgan fingerprint density at radius 3 is 2.71 bits per heavy atom. The maximum absolute atomic E-state index is 5.72. The molecule has 0 aliphatic rings. The molecule has 0 unspecified atom stereocenters. The molecule has 0 aliphatic heterocycles. The highest BCUT2D eigenvalue weighted by Gasteiger charge is 2.15. The summed E-state index contributed by atoms with van der Waals surface area (Å²) in [6, 6.07) is 8.15. The van der Waals surface area contributed by atoms with Gasteiger partial charge >= 0.3 is 0 Å². The predicted molar refractivity (Wildman–Crippen MR) is 70.4 cm³/mol. The van der Waals surface area contributed by atoms with Crippen molar-refractivity contribution in [3.05, 3.63) is 29.8 Å². The van der Waals surface area contributed by atoms with E-state index in [1.165, 1.54) is 5.56 Å². The molecule has 0 heterocycles. The van der Waals surface area contributed by atoms with Crippen molar-refractivity contribution in [2.75, 3.05) is 20.8 Å². The van der Waals surface area contributed by atoms with Gasteiger partial charge in [0.25, 0.3) is 0 Å². The molecule has 96 valence electrons. The van der Waals surface area contributed by atoms with Gasteiger partial charge in [0.1, 0.15) is 5.75 Å². The van der Waals surface area contributed by atoms with E-state index in [-0.39, 0.29) is 5.60 Å². The maximum Gasteiger partial charge on any atom is 0.119 e. The monoisotopic (exact) mass is 237 g/mol. The molecule has 0 fully saturated rings. The lowest BCUT2D eigenvalue weighted by Gasteiger charge is -2.22.